The number of likely N-dealkylation sites (tertiary alicyclic amines) is 1. The Balaban J connectivity index is 1.46. The summed E-state index contributed by atoms with van der Waals surface area (Å²) in [6, 6.07) is 14.2. The van der Waals surface area contributed by atoms with E-state index in [9.17, 15) is 31.5 Å². The van der Waals surface area contributed by atoms with Gasteiger partial charge in [0.25, 0.3) is 17.7 Å². The van der Waals surface area contributed by atoms with Crippen molar-refractivity contribution in [2.24, 2.45) is 0 Å². The summed E-state index contributed by atoms with van der Waals surface area (Å²) in [5.74, 6) is -8.01. The number of fused-ring (bicyclic) bond motifs is 2. The number of hydrogen-bond donors (Lipinski definition) is 1. The first-order valence-electron chi connectivity index (χ1n) is 11.1. The summed E-state index contributed by atoms with van der Waals surface area (Å²) in [7, 11) is 0. The first kappa shape index (κ1) is 24.5. The molecule has 12 heteroatoms. The summed E-state index contributed by atoms with van der Waals surface area (Å²) < 4.78 is 78.2. The maximum atomic E-state index is 14.9. The lowest BCUT2D eigenvalue weighted by Crippen LogP contribution is -2.55. The lowest BCUT2D eigenvalue weighted by Gasteiger charge is -2.38. The van der Waals surface area contributed by atoms with Crippen LogP contribution in [0.3, 0.4) is 0 Å². The number of nitrogens with one attached hydrogen (secondary N) is 1. The highest BCUT2D eigenvalue weighted by atomic mass is 19.4. The number of esters is 1. The van der Waals surface area contributed by atoms with E-state index in [-0.39, 0.29) is 17.6 Å². The van der Waals surface area contributed by atoms with Crippen molar-refractivity contribution in [1.82, 2.24) is 14.9 Å². The van der Waals surface area contributed by atoms with E-state index in [1.165, 1.54) is 23.2 Å². The Morgan fingerprint density at radius 3 is 2.59 bits per heavy atom. The van der Waals surface area contributed by atoms with Gasteiger partial charge in [-0.25, -0.2) is 18.6 Å². The minimum atomic E-state index is -5.33. The molecule has 192 valence electrons. The summed E-state index contributed by atoms with van der Waals surface area (Å²) in [5.41, 5.74) is 1.19. The number of halogens is 5. The number of alkyl halides is 5. The van der Waals surface area contributed by atoms with Crippen LogP contribution >= 0.6 is 0 Å². The van der Waals surface area contributed by atoms with Crippen LogP contribution in [-0.2, 0) is 4.79 Å². The Hall–Kier alpha value is -4.22. The Bertz CT molecular complexity index is 1500. The number of piperidine rings is 1. The average molecular weight is 519 g/mol. The molecule has 4 aromatic rings. The molecule has 0 radical (unpaired) electrons. The number of ether oxygens (including phenoxy) is 2. The summed E-state index contributed by atoms with van der Waals surface area (Å²) in [5, 5.41) is 0.909. The van der Waals surface area contributed by atoms with Crippen molar-refractivity contribution < 1.29 is 41.0 Å². The van der Waals surface area contributed by atoms with Crippen molar-refractivity contribution in [3.8, 4) is 11.6 Å². The lowest BCUT2D eigenvalue weighted by atomic mass is 10.0. The van der Waals surface area contributed by atoms with Crippen LogP contribution in [0.5, 0.6) is 11.6 Å². The van der Waals surface area contributed by atoms with Crippen molar-refractivity contribution in [2.45, 2.75) is 24.6 Å². The van der Waals surface area contributed by atoms with Gasteiger partial charge in [0.15, 0.2) is 11.9 Å². The predicted octanol–water partition coefficient (Wildman–Crippen LogP) is 5.11. The second-order valence-electron chi connectivity index (χ2n) is 8.49. The Labute approximate surface area is 205 Å². The van der Waals surface area contributed by atoms with E-state index in [4.69, 9.17) is 4.74 Å². The molecule has 1 N–H and O–H groups in total. The van der Waals surface area contributed by atoms with Gasteiger partial charge in [0.1, 0.15) is 0 Å². The zero-order chi connectivity index (χ0) is 26.4. The summed E-state index contributed by atoms with van der Waals surface area (Å²) >= 11 is 0. The molecule has 1 atom stereocenters. The van der Waals surface area contributed by atoms with Crippen LogP contribution < -0.4 is 9.47 Å². The number of carbonyl (C=O) groups is 2. The van der Waals surface area contributed by atoms with Gasteiger partial charge in [-0.15, -0.1) is 0 Å². The molecule has 5 rings (SSSR count). The van der Waals surface area contributed by atoms with Crippen LogP contribution in [0.15, 0.2) is 60.8 Å². The highest BCUT2D eigenvalue weighted by Crippen LogP contribution is 2.37. The number of hydrogen-bond acceptors (Lipinski definition) is 5. The van der Waals surface area contributed by atoms with E-state index in [0.29, 0.717) is 16.3 Å². The van der Waals surface area contributed by atoms with Gasteiger partial charge in [-0.05, 0) is 18.2 Å². The molecule has 0 aliphatic carbocycles. The molecule has 1 fully saturated rings. The molecule has 0 bridgehead atoms. The highest BCUT2D eigenvalue weighted by molar-refractivity contribution is 6.06. The number of nitrogens with zero attached hydrogens (tertiary/aromatic N) is 2. The Morgan fingerprint density at radius 1 is 1.08 bits per heavy atom. The fraction of sp³-hybridized carbons (Fsp3) is 0.240. The molecule has 2 aromatic carbocycles. The first-order chi connectivity index (χ1) is 17.5. The molecule has 0 saturated carbocycles. The zero-order valence-electron chi connectivity index (χ0n) is 18.9. The maximum absolute atomic E-state index is 14.9. The number of amides is 1. The van der Waals surface area contributed by atoms with Gasteiger partial charge < -0.3 is 19.4 Å². The predicted molar refractivity (Wildman–Crippen MR) is 122 cm³/mol. The number of aromatic nitrogens is 2. The monoisotopic (exact) mass is 519 g/mol. The third-order valence-electron chi connectivity index (χ3n) is 6.02. The van der Waals surface area contributed by atoms with E-state index in [1.807, 2.05) is 0 Å². The minimum absolute atomic E-state index is 0.218. The van der Waals surface area contributed by atoms with Gasteiger partial charge in [-0.2, -0.15) is 13.2 Å². The van der Waals surface area contributed by atoms with Gasteiger partial charge >= 0.3 is 12.1 Å². The molecule has 2 aromatic heterocycles. The standard InChI is InChI=1S/C25H18F5N3O4/c26-24(27)9-10-33(22(34)16-12-31-18-8-4-2-6-15(16)18)13-20(24)37-21-19(36-23(35)25(28,29)30)11-14-5-1-3-7-17(14)32-21/h1-8,11-12,20,31H,9-10,13H2/t20-/m0/s1. The molecule has 0 spiro atoms. The van der Waals surface area contributed by atoms with E-state index < -0.39 is 54.7 Å². The molecular formula is C25H18F5N3O4. The lowest BCUT2D eigenvalue weighted by molar-refractivity contribution is -0.190. The fourth-order valence-electron chi connectivity index (χ4n) is 4.13. The van der Waals surface area contributed by atoms with Crippen molar-refractivity contribution in [2.75, 3.05) is 13.1 Å². The van der Waals surface area contributed by atoms with E-state index in [1.54, 1.807) is 36.4 Å². The van der Waals surface area contributed by atoms with Gasteiger partial charge in [-0.1, -0.05) is 36.4 Å². The van der Waals surface area contributed by atoms with Crippen LogP contribution in [0.4, 0.5) is 22.0 Å². The van der Waals surface area contributed by atoms with Crippen LogP contribution in [0.2, 0.25) is 0 Å². The number of benzene rings is 2. The highest BCUT2D eigenvalue weighted by Gasteiger charge is 2.48. The van der Waals surface area contributed by atoms with Crippen molar-refractivity contribution in [3.05, 3.63) is 66.4 Å². The summed E-state index contributed by atoms with van der Waals surface area (Å²) in [6.07, 6.45) is -6.57. The van der Waals surface area contributed by atoms with Crippen LogP contribution in [0.1, 0.15) is 16.8 Å². The number of H-pyrrole nitrogens is 1. The number of rotatable bonds is 4. The molecule has 1 aliphatic heterocycles. The summed E-state index contributed by atoms with van der Waals surface area (Å²) in [6.45, 7) is -0.848. The number of aromatic amines is 1. The SMILES string of the molecule is O=C(c1c[nH]c2ccccc12)N1CCC(F)(F)[C@@H](Oc2nc3ccccc3cc2OC(=O)C(F)(F)F)C1. The van der Waals surface area contributed by atoms with Gasteiger partial charge in [-0.3, -0.25) is 4.79 Å². The molecule has 0 unspecified atom stereocenters. The van der Waals surface area contributed by atoms with Crippen LogP contribution in [0.25, 0.3) is 21.8 Å². The molecule has 1 saturated heterocycles. The average Bonchev–Trinajstić information content (AvgIpc) is 3.28. The Kier molecular flexibility index (Phi) is 5.97. The van der Waals surface area contributed by atoms with Crippen molar-refractivity contribution >= 4 is 33.7 Å². The number of carbonyl (C=O) groups excluding carboxylic acids is 2. The van der Waals surface area contributed by atoms with Crippen LogP contribution in [-0.4, -0.2) is 58.0 Å². The van der Waals surface area contributed by atoms with E-state index >= 15 is 0 Å². The zero-order valence-corrected chi connectivity index (χ0v) is 18.9. The smallest absolute Gasteiger partial charge is 0.463 e. The number of para-hydroxylation sites is 2. The first-order valence-corrected chi connectivity index (χ1v) is 11.1. The summed E-state index contributed by atoms with van der Waals surface area (Å²) in [4.78, 5) is 32.8. The number of pyridine rings is 1. The molecule has 1 amide bonds. The molecule has 37 heavy (non-hydrogen) atoms. The van der Waals surface area contributed by atoms with Gasteiger partial charge in [0.2, 0.25) is 0 Å². The topological polar surface area (TPSA) is 84.5 Å². The van der Waals surface area contributed by atoms with E-state index in [2.05, 4.69) is 14.7 Å². The molecule has 7 nitrogen and oxygen atoms in total. The second kappa shape index (κ2) is 9.02. The molecule has 1 aliphatic rings. The molecular weight excluding hydrogens is 501 g/mol. The van der Waals surface area contributed by atoms with Gasteiger partial charge in [0, 0.05) is 35.5 Å². The fourth-order valence-corrected chi connectivity index (χ4v) is 4.13. The maximum Gasteiger partial charge on any atom is 0.491 e. The second-order valence-corrected chi connectivity index (χ2v) is 8.49. The quantitative estimate of drug-likeness (QED) is 0.299. The largest absolute Gasteiger partial charge is 0.491 e. The van der Waals surface area contributed by atoms with Gasteiger partial charge in [0.05, 0.1) is 17.6 Å². The van der Waals surface area contributed by atoms with E-state index in [0.717, 1.165) is 6.07 Å². The van der Waals surface area contributed by atoms with Crippen molar-refractivity contribution in [3.63, 3.8) is 0 Å². The normalized spacial score (nSPS) is 17.6. The van der Waals surface area contributed by atoms with Crippen LogP contribution in [0, 0.1) is 0 Å². The van der Waals surface area contributed by atoms with Crippen molar-refractivity contribution in [1.29, 1.82) is 0 Å². The third-order valence-corrected chi connectivity index (χ3v) is 6.02. The Morgan fingerprint density at radius 2 is 1.81 bits per heavy atom. The molecule has 3 heterocycles. The minimum Gasteiger partial charge on any atom is -0.463 e. The third kappa shape index (κ3) is 4.78.